The number of carbonyl (C=O) groups excluding carboxylic acids is 1. The Bertz CT molecular complexity index is 1370. The number of para-hydroxylation sites is 1. The summed E-state index contributed by atoms with van der Waals surface area (Å²) in [6, 6.07) is 17.2. The largest absolute Gasteiger partial charge is 0.337 e. The number of carbonyl (C=O) groups is 1. The molecular weight excluding hydrogens is 453 g/mol. The third kappa shape index (κ3) is 5.39. The van der Waals surface area contributed by atoms with Gasteiger partial charge in [0.2, 0.25) is 5.91 Å². The molecule has 3 aromatic carbocycles. The number of nitrogens with one attached hydrogen (secondary N) is 2. The number of rotatable bonds is 7. The number of likely N-dealkylation sites (N-methyl/N-ethyl adjacent to an activating group) is 1. The fourth-order valence-electron chi connectivity index (χ4n) is 3.53. The standard InChI is InChI=1S/C26H23ClFN5O/c1-33(2)14-6-11-23(34)31-22-13-12-21-25(24(22)17-7-5-8-18(27)15-17)26(30-16-29-21)32-20-10-4-3-9-19(20)28/h3-13,15-16H,14H2,1-2H3,(H,31,34)(H,29,30,32)/b11-6+. The van der Waals surface area contributed by atoms with Gasteiger partial charge in [0.1, 0.15) is 18.0 Å². The van der Waals surface area contributed by atoms with Gasteiger partial charge in [-0.05, 0) is 56.1 Å². The summed E-state index contributed by atoms with van der Waals surface area (Å²) < 4.78 is 14.4. The predicted octanol–water partition coefficient (Wildman–Crippen LogP) is 5.89. The Kier molecular flexibility index (Phi) is 7.15. The lowest BCUT2D eigenvalue weighted by atomic mass is 9.98. The SMILES string of the molecule is CN(C)C/C=C/C(=O)Nc1ccc2ncnc(Nc3ccccc3F)c2c1-c1cccc(Cl)c1. The van der Waals surface area contributed by atoms with Crippen molar-refractivity contribution in [1.29, 1.82) is 0 Å². The van der Waals surface area contributed by atoms with Crippen LogP contribution in [0.2, 0.25) is 5.02 Å². The van der Waals surface area contributed by atoms with Gasteiger partial charge in [-0.2, -0.15) is 0 Å². The van der Waals surface area contributed by atoms with Crippen LogP contribution in [0.1, 0.15) is 0 Å². The first kappa shape index (κ1) is 23.4. The number of halogens is 2. The van der Waals surface area contributed by atoms with Crippen molar-refractivity contribution in [3.63, 3.8) is 0 Å². The van der Waals surface area contributed by atoms with Gasteiger partial charge in [-0.25, -0.2) is 14.4 Å². The Hall–Kier alpha value is -3.81. The van der Waals surface area contributed by atoms with Crippen LogP contribution in [0.3, 0.4) is 0 Å². The van der Waals surface area contributed by atoms with Gasteiger partial charge in [0.05, 0.1) is 16.6 Å². The Labute approximate surface area is 202 Å². The van der Waals surface area contributed by atoms with Crippen LogP contribution in [0.25, 0.3) is 22.0 Å². The number of fused-ring (bicyclic) bond motifs is 1. The molecule has 34 heavy (non-hydrogen) atoms. The van der Waals surface area contributed by atoms with Crippen LogP contribution in [0.5, 0.6) is 0 Å². The number of anilines is 3. The monoisotopic (exact) mass is 475 g/mol. The molecule has 2 N–H and O–H groups in total. The lowest BCUT2D eigenvalue weighted by Crippen LogP contribution is -2.13. The quantitative estimate of drug-likeness (QED) is 0.326. The molecule has 0 aliphatic carbocycles. The zero-order chi connectivity index (χ0) is 24.1. The van der Waals surface area contributed by atoms with Gasteiger partial charge in [-0.1, -0.05) is 41.9 Å². The third-order valence-electron chi connectivity index (χ3n) is 5.04. The van der Waals surface area contributed by atoms with Crippen molar-refractivity contribution < 1.29 is 9.18 Å². The zero-order valence-corrected chi connectivity index (χ0v) is 19.5. The summed E-state index contributed by atoms with van der Waals surface area (Å²) in [5, 5.41) is 7.20. The van der Waals surface area contributed by atoms with E-state index >= 15 is 0 Å². The Morgan fingerprint density at radius 2 is 1.88 bits per heavy atom. The molecule has 4 aromatic rings. The number of benzene rings is 3. The van der Waals surface area contributed by atoms with Crippen LogP contribution in [-0.4, -0.2) is 41.4 Å². The summed E-state index contributed by atoms with van der Waals surface area (Å²) >= 11 is 6.29. The molecule has 0 spiro atoms. The molecule has 0 aliphatic rings. The second kappa shape index (κ2) is 10.4. The minimum absolute atomic E-state index is 0.273. The normalized spacial score (nSPS) is 11.3. The van der Waals surface area contributed by atoms with Gasteiger partial charge in [-0.3, -0.25) is 4.79 Å². The van der Waals surface area contributed by atoms with E-state index in [1.54, 1.807) is 48.5 Å². The maximum absolute atomic E-state index is 14.4. The predicted molar refractivity (Wildman–Crippen MR) is 136 cm³/mol. The number of nitrogens with zero attached hydrogens (tertiary/aromatic N) is 3. The minimum Gasteiger partial charge on any atom is -0.337 e. The van der Waals surface area contributed by atoms with Gasteiger partial charge < -0.3 is 15.5 Å². The Balaban J connectivity index is 1.87. The van der Waals surface area contributed by atoms with E-state index in [4.69, 9.17) is 11.6 Å². The third-order valence-corrected chi connectivity index (χ3v) is 5.28. The average molecular weight is 476 g/mol. The number of aromatic nitrogens is 2. The Morgan fingerprint density at radius 3 is 2.65 bits per heavy atom. The first-order chi connectivity index (χ1) is 16.4. The molecule has 1 heterocycles. The second-order valence-electron chi connectivity index (χ2n) is 7.87. The maximum atomic E-state index is 14.4. The lowest BCUT2D eigenvalue weighted by Gasteiger charge is -2.17. The summed E-state index contributed by atoms with van der Waals surface area (Å²) in [5.74, 6) is -0.275. The van der Waals surface area contributed by atoms with E-state index in [1.165, 1.54) is 18.5 Å². The molecule has 0 aliphatic heterocycles. The zero-order valence-electron chi connectivity index (χ0n) is 18.7. The lowest BCUT2D eigenvalue weighted by molar-refractivity contribution is -0.111. The van der Waals surface area contributed by atoms with Crippen molar-refractivity contribution in [2.45, 2.75) is 0 Å². The molecule has 8 heteroatoms. The maximum Gasteiger partial charge on any atom is 0.248 e. The molecule has 1 amide bonds. The first-order valence-electron chi connectivity index (χ1n) is 10.6. The van der Waals surface area contributed by atoms with Crippen LogP contribution >= 0.6 is 11.6 Å². The molecule has 6 nitrogen and oxygen atoms in total. The minimum atomic E-state index is -0.408. The highest BCUT2D eigenvalue weighted by Crippen LogP contribution is 2.39. The average Bonchev–Trinajstić information content (AvgIpc) is 2.80. The molecule has 0 saturated heterocycles. The second-order valence-corrected chi connectivity index (χ2v) is 8.31. The van der Waals surface area contributed by atoms with Gasteiger partial charge >= 0.3 is 0 Å². The number of amides is 1. The van der Waals surface area contributed by atoms with Crippen LogP contribution in [0.4, 0.5) is 21.6 Å². The molecule has 0 atom stereocenters. The van der Waals surface area contributed by atoms with Crippen molar-refractivity contribution in [2.24, 2.45) is 0 Å². The molecule has 4 rings (SSSR count). The van der Waals surface area contributed by atoms with Gasteiger partial charge in [0.15, 0.2) is 0 Å². The van der Waals surface area contributed by atoms with E-state index in [9.17, 15) is 9.18 Å². The van der Waals surface area contributed by atoms with Crippen LogP contribution in [-0.2, 0) is 4.79 Å². The molecular formula is C26H23ClFN5O. The Morgan fingerprint density at radius 1 is 1.06 bits per heavy atom. The highest BCUT2D eigenvalue weighted by molar-refractivity contribution is 6.31. The van der Waals surface area contributed by atoms with Crippen molar-refractivity contribution in [1.82, 2.24) is 14.9 Å². The summed E-state index contributed by atoms with van der Waals surface area (Å²) in [4.78, 5) is 23.4. The van der Waals surface area contributed by atoms with Crippen molar-refractivity contribution in [3.8, 4) is 11.1 Å². The fraction of sp³-hybridized carbons (Fsp3) is 0.115. The number of hydrogen-bond donors (Lipinski definition) is 2. The summed E-state index contributed by atoms with van der Waals surface area (Å²) in [7, 11) is 3.85. The van der Waals surface area contributed by atoms with Crippen molar-refractivity contribution in [3.05, 3.63) is 90.0 Å². The van der Waals surface area contributed by atoms with E-state index in [0.29, 0.717) is 39.5 Å². The van der Waals surface area contributed by atoms with Crippen molar-refractivity contribution >= 4 is 45.6 Å². The van der Waals surface area contributed by atoms with Gasteiger partial charge in [0, 0.05) is 28.9 Å². The molecule has 0 saturated carbocycles. The van der Waals surface area contributed by atoms with E-state index in [0.717, 1.165) is 5.56 Å². The fourth-order valence-corrected chi connectivity index (χ4v) is 3.72. The molecule has 0 fully saturated rings. The summed E-state index contributed by atoms with van der Waals surface area (Å²) in [6.07, 6.45) is 4.69. The van der Waals surface area contributed by atoms with Crippen LogP contribution in [0, 0.1) is 5.82 Å². The summed E-state index contributed by atoms with van der Waals surface area (Å²) in [5.41, 5.74) is 2.90. The van der Waals surface area contributed by atoms with E-state index < -0.39 is 5.82 Å². The van der Waals surface area contributed by atoms with Crippen LogP contribution < -0.4 is 10.6 Å². The molecule has 172 valence electrons. The molecule has 1 aromatic heterocycles. The first-order valence-corrected chi connectivity index (χ1v) is 11.0. The summed E-state index contributed by atoms with van der Waals surface area (Å²) in [6.45, 7) is 0.636. The molecule has 0 bridgehead atoms. The molecule has 0 radical (unpaired) electrons. The highest BCUT2D eigenvalue weighted by atomic mass is 35.5. The van der Waals surface area contributed by atoms with Gasteiger partial charge in [0.25, 0.3) is 0 Å². The smallest absolute Gasteiger partial charge is 0.248 e. The molecule has 0 unspecified atom stereocenters. The van der Waals surface area contributed by atoms with Crippen LogP contribution in [0.15, 0.2) is 79.1 Å². The van der Waals surface area contributed by atoms with E-state index in [2.05, 4.69) is 20.6 Å². The topological polar surface area (TPSA) is 70.2 Å². The van der Waals surface area contributed by atoms with E-state index in [1.807, 2.05) is 31.1 Å². The van der Waals surface area contributed by atoms with Gasteiger partial charge in [-0.15, -0.1) is 0 Å². The van der Waals surface area contributed by atoms with E-state index in [-0.39, 0.29) is 11.6 Å². The highest BCUT2D eigenvalue weighted by Gasteiger charge is 2.17. The van der Waals surface area contributed by atoms with Crippen molar-refractivity contribution in [2.75, 3.05) is 31.3 Å². The number of hydrogen-bond acceptors (Lipinski definition) is 5.